The summed E-state index contributed by atoms with van der Waals surface area (Å²) in [6.07, 6.45) is 3.89. The fraction of sp³-hybridized carbons (Fsp3) is 0.765. The molecule has 21 heavy (non-hydrogen) atoms. The molecular formula is C17H30N4. The highest BCUT2D eigenvalue weighted by molar-refractivity contribution is 5.57. The highest BCUT2D eigenvalue weighted by Gasteiger charge is 2.27. The molecule has 0 spiro atoms. The number of rotatable bonds is 8. The van der Waals surface area contributed by atoms with Gasteiger partial charge in [0, 0.05) is 24.6 Å². The van der Waals surface area contributed by atoms with Crippen LogP contribution in [0.1, 0.15) is 64.3 Å². The van der Waals surface area contributed by atoms with Gasteiger partial charge in [-0.05, 0) is 38.0 Å². The largest absolute Gasteiger partial charge is 0.370 e. The zero-order chi connectivity index (χ0) is 15.4. The SMILES string of the molecule is CCCNc1nc(C(C)C)nc(NCC(C)C2CC2)c1C. The molecule has 1 unspecified atom stereocenters. The lowest BCUT2D eigenvalue weighted by atomic mass is 10.1. The van der Waals surface area contributed by atoms with Crippen molar-refractivity contribution < 1.29 is 0 Å². The van der Waals surface area contributed by atoms with Crippen molar-refractivity contribution in [3.63, 3.8) is 0 Å². The first-order chi connectivity index (χ1) is 10.0. The molecule has 1 aromatic rings. The van der Waals surface area contributed by atoms with Crippen LogP contribution in [0, 0.1) is 18.8 Å². The monoisotopic (exact) mass is 290 g/mol. The first-order valence-corrected chi connectivity index (χ1v) is 8.39. The Kier molecular flexibility index (Phi) is 5.43. The van der Waals surface area contributed by atoms with Gasteiger partial charge < -0.3 is 10.6 Å². The molecular weight excluding hydrogens is 260 g/mol. The molecule has 4 nitrogen and oxygen atoms in total. The Labute approximate surface area is 129 Å². The summed E-state index contributed by atoms with van der Waals surface area (Å²) < 4.78 is 0. The van der Waals surface area contributed by atoms with E-state index in [2.05, 4.69) is 50.2 Å². The smallest absolute Gasteiger partial charge is 0.135 e. The van der Waals surface area contributed by atoms with Crippen molar-refractivity contribution in [1.29, 1.82) is 0 Å². The molecule has 1 aliphatic rings. The van der Waals surface area contributed by atoms with E-state index in [-0.39, 0.29) is 0 Å². The number of hydrogen-bond acceptors (Lipinski definition) is 4. The van der Waals surface area contributed by atoms with Crippen LogP contribution in [0.4, 0.5) is 11.6 Å². The van der Waals surface area contributed by atoms with Crippen LogP contribution >= 0.6 is 0 Å². The fourth-order valence-corrected chi connectivity index (χ4v) is 2.47. The van der Waals surface area contributed by atoms with Gasteiger partial charge in [0.15, 0.2) is 0 Å². The summed E-state index contributed by atoms with van der Waals surface area (Å²) in [4.78, 5) is 9.41. The van der Waals surface area contributed by atoms with E-state index in [0.717, 1.165) is 54.4 Å². The molecule has 0 aromatic carbocycles. The van der Waals surface area contributed by atoms with Crippen molar-refractivity contribution in [2.24, 2.45) is 11.8 Å². The predicted molar refractivity (Wildman–Crippen MR) is 90.0 cm³/mol. The molecule has 1 saturated carbocycles. The van der Waals surface area contributed by atoms with Gasteiger partial charge in [0.1, 0.15) is 17.5 Å². The van der Waals surface area contributed by atoms with Gasteiger partial charge in [0.05, 0.1) is 0 Å². The normalized spacial score (nSPS) is 16.1. The zero-order valence-corrected chi connectivity index (χ0v) is 14.2. The van der Waals surface area contributed by atoms with E-state index < -0.39 is 0 Å². The van der Waals surface area contributed by atoms with Crippen molar-refractivity contribution in [2.45, 2.75) is 59.8 Å². The third-order valence-corrected chi connectivity index (χ3v) is 4.24. The Hall–Kier alpha value is -1.32. The van der Waals surface area contributed by atoms with Crippen LogP contribution in [-0.2, 0) is 0 Å². The van der Waals surface area contributed by atoms with Gasteiger partial charge in [-0.15, -0.1) is 0 Å². The number of nitrogens with one attached hydrogen (secondary N) is 2. The minimum absolute atomic E-state index is 0.342. The lowest BCUT2D eigenvalue weighted by molar-refractivity contribution is 0.535. The second-order valence-electron chi connectivity index (χ2n) is 6.68. The lowest BCUT2D eigenvalue weighted by Gasteiger charge is -2.18. The van der Waals surface area contributed by atoms with Crippen molar-refractivity contribution in [1.82, 2.24) is 9.97 Å². The maximum absolute atomic E-state index is 4.73. The number of aromatic nitrogens is 2. The molecule has 2 rings (SSSR count). The van der Waals surface area contributed by atoms with Crippen molar-refractivity contribution in [2.75, 3.05) is 23.7 Å². The predicted octanol–water partition coefficient (Wildman–Crippen LogP) is 4.19. The van der Waals surface area contributed by atoms with Crippen molar-refractivity contribution >= 4 is 11.6 Å². The highest BCUT2D eigenvalue weighted by atomic mass is 15.1. The topological polar surface area (TPSA) is 49.8 Å². The number of hydrogen-bond donors (Lipinski definition) is 2. The highest BCUT2D eigenvalue weighted by Crippen LogP contribution is 2.36. The van der Waals surface area contributed by atoms with Crippen LogP contribution in [0.3, 0.4) is 0 Å². The van der Waals surface area contributed by atoms with Gasteiger partial charge in [-0.2, -0.15) is 0 Å². The minimum Gasteiger partial charge on any atom is -0.370 e. The Bertz CT molecular complexity index is 466. The number of nitrogens with zero attached hydrogens (tertiary/aromatic N) is 2. The Morgan fingerprint density at radius 2 is 1.71 bits per heavy atom. The minimum atomic E-state index is 0.342. The summed E-state index contributed by atoms with van der Waals surface area (Å²) in [7, 11) is 0. The standard InChI is InChI=1S/C17H30N4/c1-6-9-18-16-13(5)17(21-15(20-16)11(2)3)19-10-12(4)14-7-8-14/h11-12,14H,6-10H2,1-5H3,(H2,18,19,20,21). The molecule has 0 saturated heterocycles. The van der Waals surface area contributed by atoms with E-state index in [1.807, 2.05) is 0 Å². The summed E-state index contributed by atoms with van der Waals surface area (Å²) in [6.45, 7) is 12.9. The summed E-state index contributed by atoms with van der Waals surface area (Å²) in [5, 5.41) is 6.98. The first kappa shape index (κ1) is 16.1. The van der Waals surface area contributed by atoms with Gasteiger partial charge in [0.25, 0.3) is 0 Å². The van der Waals surface area contributed by atoms with E-state index >= 15 is 0 Å². The van der Waals surface area contributed by atoms with Crippen LogP contribution in [0.5, 0.6) is 0 Å². The molecule has 0 aliphatic heterocycles. The van der Waals surface area contributed by atoms with E-state index in [1.54, 1.807) is 0 Å². The molecule has 1 aromatic heterocycles. The maximum Gasteiger partial charge on any atom is 0.135 e. The van der Waals surface area contributed by atoms with Gasteiger partial charge >= 0.3 is 0 Å². The summed E-state index contributed by atoms with van der Waals surface area (Å²) in [5.41, 5.74) is 1.14. The fourth-order valence-electron chi connectivity index (χ4n) is 2.47. The maximum atomic E-state index is 4.73. The Morgan fingerprint density at radius 3 is 2.24 bits per heavy atom. The third-order valence-electron chi connectivity index (χ3n) is 4.24. The molecule has 1 fully saturated rings. The third kappa shape index (κ3) is 4.32. The second kappa shape index (κ2) is 7.10. The quantitative estimate of drug-likeness (QED) is 0.754. The molecule has 118 valence electrons. The first-order valence-electron chi connectivity index (χ1n) is 8.39. The molecule has 2 N–H and O–H groups in total. The Balaban J connectivity index is 2.14. The average molecular weight is 290 g/mol. The molecule has 1 aliphatic carbocycles. The molecule has 1 atom stereocenters. The van der Waals surface area contributed by atoms with Crippen LogP contribution in [0.25, 0.3) is 0 Å². The summed E-state index contributed by atoms with van der Waals surface area (Å²) >= 11 is 0. The van der Waals surface area contributed by atoms with Crippen LogP contribution in [0.15, 0.2) is 0 Å². The van der Waals surface area contributed by atoms with E-state index in [4.69, 9.17) is 4.98 Å². The zero-order valence-electron chi connectivity index (χ0n) is 14.2. The number of anilines is 2. The second-order valence-corrected chi connectivity index (χ2v) is 6.68. The molecule has 0 bridgehead atoms. The van der Waals surface area contributed by atoms with Crippen LogP contribution in [0.2, 0.25) is 0 Å². The van der Waals surface area contributed by atoms with Gasteiger partial charge in [0.2, 0.25) is 0 Å². The van der Waals surface area contributed by atoms with E-state index in [0.29, 0.717) is 5.92 Å². The average Bonchev–Trinajstić information content (AvgIpc) is 3.28. The molecule has 0 amide bonds. The summed E-state index contributed by atoms with van der Waals surface area (Å²) in [5.74, 6) is 4.89. The van der Waals surface area contributed by atoms with E-state index in [9.17, 15) is 0 Å². The summed E-state index contributed by atoms with van der Waals surface area (Å²) in [6, 6.07) is 0. The molecule has 4 heteroatoms. The van der Waals surface area contributed by atoms with Crippen LogP contribution < -0.4 is 10.6 Å². The van der Waals surface area contributed by atoms with E-state index in [1.165, 1.54) is 12.8 Å². The Morgan fingerprint density at radius 1 is 1.10 bits per heavy atom. The van der Waals surface area contributed by atoms with Gasteiger partial charge in [-0.25, -0.2) is 9.97 Å². The van der Waals surface area contributed by atoms with Gasteiger partial charge in [-0.1, -0.05) is 27.7 Å². The van der Waals surface area contributed by atoms with Gasteiger partial charge in [-0.3, -0.25) is 0 Å². The lowest BCUT2D eigenvalue weighted by Crippen LogP contribution is -2.17. The molecule has 0 radical (unpaired) electrons. The van der Waals surface area contributed by atoms with Crippen molar-refractivity contribution in [3.05, 3.63) is 11.4 Å². The molecule has 1 heterocycles. The van der Waals surface area contributed by atoms with Crippen molar-refractivity contribution in [3.8, 4) is 0 Å². The van der Waals surface area contributed by atoms with Crippen LogP contribution in [-0.4, -0.2) is 23.1 Å².